The Morgan fingerprint density at radius 2 is 0.939 bits per heavy atom. The lowest BCUT2D eigenvalue weighted by Gasteiger charge is -2.19. The summed E-state index contributed by atoms with van der Waals surface area (Å²) >= 11 is 0. The lowest BCUT2D eigenvalue weighted by Crippen LogP contribution is -2.25. The summed E-state index contributed by atoms with van der Waals surface area (Å²) in [5.41, 5.74) is 19.0. The maximum Gasteiger partial charge on any atom is 0.140 e. The van der Waals surface area contributed by atoms with Crippen LogP contribution in [0, 0.1) is 0 Å². The molecule has 0 N–H and O–H groups in total. The lowest BCUT2D eigenvalue weighted by molar-refractivity contribution is 0.393. The average molecular weight is 847 g/mol. The van der Waals surface area contributed by atoms with Crippen molar-refractivity contribution in [2.45, 2.75) is 6.17 Å². The summed E-state index contributed by atoms with van der Waals surface area (Å²) in [5, 5.41) is 2.32. The zero-order chi connectivity index (χ0) is 43.6. The van der Waals surface area contributed by atoms with Crippen LogP contribution in [-0.2, 0) is 0 Å². The van der Waals surface area contributed by atoms with Gasteiger partial charge in [-0.1, -0.05) is 146 Å². The molecule has 7 aromatic carbocycles. The molecule has 0 radical (unpaired) electrons. The predicted octanol–water partition coefficient (Wildman–Crippen LogP) is 14.1. The van der Waals surface area contributed by atoms with Gasteiger partial charge in [-0.25, -0.2) is 4.98 Å². The Morgan fingerprint density at radius 3 is 1.48 bits per heavy atom. The van der Waals surface area contributed by atoms with Crippen molar-refractivity contribution < 1.29 is 0 Å². The minimum atomic E-state index is 0.0695. The third-order valence-corrected chi connectivity index (χ3v) is 13.2. The maximum atomic E-state index is 5.06. The van der Waals surface area contributed by atoms with Gasteiger partial charge in [0.05, 0.1) is 40.4 Å². The topological polar surface area (TPSA) is 42.8 Å². The summed E-state index contributed by atoms with van der Waals surface area (Å²) in [6, 6.07) is 72.5. The number of allylic oxidation sites excluding steroid dienone is 2. The molecule has 66 heavy (non-hydrogen) atoms. The van der Waals surface area contributed by atoms with Gasteiger partial charge in [-0.15, -0.1) is 0 Å². The smallest absolute Gasteiger partial charge is 0.140 e. The number of aliphatic imine (C=N–C) groups is 1. The second-order valence-corrected chi connectivity index (χ2v) is 17.2. The number of hydrogen-bond acceptors (Lipinski definition) is 3. The number of nitrogens with zero attached hydrogens (tertiary/aromatic N) is 6. The molecule has 4 aromatic heterocycles. The largest absolute Gasteiger partial charge is 0.347 e. The first-order chi connectivity index (χ1) is 32.7. The number of imidazole rings is 1. The normalized spacial score (nSPS) is 14.4. The van der Waals surface area contributed by atoms with E-state index in [-0.39, 0.29) is 6.17 Å². The first kappa shape index (κ1) is 37.8. The molecule has 1 unspecified atom stereocenters. The molecule has 6 heteroatoms. The second-order valence-electron chi connectivity index (χ2n) is 17.2. The van der Waals surface area contributed by atoms with Gasteiger partial charge in [-0.05, 0) is 112 Å². The quantitative estimate of drug-likeness (QED) is 0.153. The fraction of sp³-hybridized carbons (Fsp3) is 0.0333. The van der Waals surface area contributed by atoms with Gasteiger partial charge in [-0.3, -0.25) is 4.99 Å². The summed E-state index contributed by atoms with van der Waals surface area (Å²) in [6.45, 7) is 0.797. The molecule has 11 aromatic rings. The van der Waals surface area contributed by atoms with Crippen LogP contribution >= 0.6 is 0 Å². The summed E-state index contributed by atoms with van der Waals surface area (Å²) in [5.74, 6) is 0. The molecule has 6 heterocycles. The summed E-state index contributed by atoms with van der Waals surface area (Å²) in [6.07, 6.45) is 12.7. The molecule has 0 fully saturated rings. The van der Waals surface area contributed by atoms with Crippen molar-refractivity contribution in [1.29, 1.82) is 0 Å². The van der Waals surface area contributed by atoms with E-state index in [1.165, 1.54) is 22.3 Å². The first-order valence-electron chi connectivity index (χ1n) is 22.5. The van der Waals surface area contributed by atoms with E-state index in [0.29, 0.717) is 0 Å². The van der Waals surface area contributed by atoms with Gasteiger partial charge in [0.2, 0.25) is 0 Å². The summed E-state index contributed by atoms with van der Waals surface area (Å²) < 4.78 is 6.91. The van der Waals surface area contributed by atoms with E-state index in [0.717, 1.165) is 90.4 Å². The van der Waals surface area contributed by atoms with Gasteiger partial charge in [0.1, 0.15) is 11.8 Å². The maximum absolute atomic E-state index is 5.06. The van der Waals surface area contributed by atoms with E-state index < -0.39 is 0 Å². The van der Waals surface area contributed by atoms with Gasteiger partial charge in [0, 0.05) is 46.3 Å². The molecule has 6 nitrogen and oxygen atoms in total. The van der Waals surface area contributed by atoms with E-state index >= 15 is 0 Å². The van der Waals surface area contributed by atoms with Gasteiger partial charge >= 0.3 is 0 Å². The molecule has 0 saturated carbocycles. The third-order valence-electron chi connectivity index (χ3n) is 13.2. The van der Waals surface area contributed by atoms with Crippen LogP contribution < -0.4 is 0 Å². The van der Waals surface area contributed by atoms with E-state index in [1.807, 2.05) is 24.4 Å². The van der Waals surface area contributed by atoms with Crippen LogP contribution in [0.4, 0.5) is 0 Å². The molecule has 0 spiro atoms. The Kier molecular flexibility index (Phi) is 8.88. The highest BCUT2D eigenvalue weighted by atomic mass is 15.3. The fourth-order valence-electron chi connectivity index (χ4n) is 9.80. The number of benzene rings is 7. The van der Waals surface area contributed by atoms with Crippen molar-refractivity contribution in [3.8, 4) is 67.4 Å². The van der Waals surface area contributed by atoms with Crippen LogP contribution in [0.3, 0.4) is 0 Å². The molecule has 312 valence electrons. The van der Waals surface area contributed by atoms with Crippen LogP contribution in [0.5, 0.6) is 0 Å². The van der Waals surface area contributed by atoms with Crippen molar-refractivity contribution in [3.63, 3.8) is 0 Å². The highest BCUT2D eigenvalue weighted by Gasteiger charge is 2.24. The number of hydrogen-bond donors (Lipinski definition) is 0. The fourth-order valence-corrected chi connectivity index (χ4v) is 9.80. The zero-order valence-electron chi connectivity index (χ0n) is 36.0. The van der Waals surface area contributed by atoms with Gasteiger partial charge in [0.25, 0.3) is 0 Å². The van der Waals surface area contributed by atoms with E-state index in [1.54, 1.807) is 0 Å². The summed E-state index contributed by atoms with van der Waals surface area (Å²) in [7, 11) is 0. The van der Waals surface area contributed by atoms with E-state index in [4.69, 9.17) is 9.98 Å². The van der Waals surface area contributed by atoms with Gasteiger partial charge < -0.3 is 18.4 Å². The number of fused-ring (bicyclic) bond motifs is 4. The molecule has 0 bridgehead atoms. The molecule has 0 saturated heterocycles. The van der Waals surface area contributed by atoms with Gasteiger partial charge in [0.15, 0.2) is 0 Å². The SMILES string of the molecule is C1=CC2N=C(c3ccc(-n4c(-c5ccc(-c6ccccc6)cc5)cc5cc6c(cc(-c7ccc(-c8ccccc8)cc7)n6-c6ccc(-c7cn8ccccc8n7)cc6)cc54)cc3)CN2C=C1. The number of aromatic nitrogens is 4. The first-order valence-corrected chi connectivity index (χ1v) is 22.5. The predicted molar refractivity (Wildman–Crippen MR) is 271 cm³/mol. The third kappa shape index (κ3) is 6.58. The van der Waals surface area contributed by atoms with Crippen molar-refractivity contribution in [3.05, 3.63) is 243 Å². The Hall–Kier alpha value is -8.74. The minimum absolute atomic E-state index is 0.0695. The van der Waals surface area contributed by atoms with Crippen LogP contribution in [-0.4, -0.2) is 41.8 Å². The van der Waals surface area contributed by atoms with Crippen LogP contribution in [0.1, 0.15) is 5.56 Å². The molecular formula is C60H42N6. The van der Waals surface area contributed by atoms with Crippen LogP contribution in [0.25, 0.3) is 94.9 Å². The molecule has 2 aliphatic rings. The molecule has 2 aliphatic heterocycles. The lowest BCUT2D eigenvalue weighted by atomic mass is 10.0. The van der Waals surface area contributed by atoms with Gasteiger partial charge in [-0.2, -0.15) is 0 Å². The second kappa shape index (κ2) is 15.5. The molecule has 0 amide bonds. The van der Waals surface area contributed by atoms with Crippen molar-refractivity contribution in [1.82, 2.24) is 23.4 Å². The highest BCUT2D eigenvalue weighted by molar-refractivity contribution is 6.04. The Balaban J connectivity index is 0.968. The zero-order valence-corrected chi connectivity index (χ0v) is 36.0. The van der Waals surface area contributed by atoms with Crippen molar-refractivity contribution >= 4 is 33.2 Å². The van der Waals surface area contributed by atoms with E-state index in [2.05, 4.69) is 231 Å². The average Bonchev–Trinajstić information content (AvgIpc) is 4.19. The molecule has 1 atom stereocenters. The number of rotatable bonds is 8. The molecular weight excluding hydrogens is 805 g/mol. The van der Waals surface area contributed by atoms with Crippen molar-refractivity contribution in [2.24, 2.45) is 4.99 Å². The summed E-state index contributed by atoms with van der Waals surface area (Å²) in [4.78, 5) is 12.3. The monoisotopic (exact) mass is 846 g/mol. The van der Waals surface area contributed by atoms with E-state index in [9.17, 15) is 0 Å². The Morgan fingerprint density at radius 1 is 0.439 bits per heavy atom. The Bertz CT molecular complexity index is 3650. The molecule has 0 aliphatic carbocycles. The van der Waals surface area contributed by atoms with Crippen LogP contribution in [0.2, 0.25) is 0 Å². The minimum Gasteiger partial charge on any atom is -0.347 e. The Labute approximate surface area is 382 Å². The number of pyridine rings is 1. The van der Waals surface area contributed by atoms with Crippen LogP contribution in [0.15, 0.2) is 242 Å². The molecule has 13 rings (SSSR count). The highest BCUT2D eigenvalue weighted by Crippen LogP contribution is 2.40. The standard InChI is InChI=1S/C60H42N6/c1-3-11-41(12-4-1)43-17-21-47(22-18-43)55-35-49-37-58-50(38-57(49)65(55)51-29-25-45(26-30-51)53-39-63-33-9-7-15-59(63)61-53)36-56(48-23-19-44(20-24-48)42-13-5-2-6-14-42)66(58)52-31-27-46(28-32-52)54-40-64-34-10-8-16-60(64)62-54/h1-39,60H,40H2. The van der Waals surface area contributed by atoms with Crippen molar-refractivity contribution in [2.75, 3.05) is 6.54 Å².